The van der Waals surface area contributed by atoms with Crippen molar-refractivity contribution in [3.05, 3.63) is 46.7 Å². The normalized spacial score (nSPS) is 18.5. The first-order valence-electron chi connectivity index (χ1n) is 8.23. The molecule has 2 heterocycles. The summed E-state index contributed by atoms with van der Waals surface area (Å²) in [6.45, 7) is 0.216. The fraction of sp³-hybridized carbons (Fsp3) is 0.353. The molecule has 0 unspecified atom stereocenters. The third kappa shape index (κ3) is 3.93. The summed E-state index contributed by atoms with van der Waals surface area (Å²) in [6, 6.07) is 8.65. The van der Waals surface area contributed by atoms with E-state index in [4.69, 9.17) is 0 Å². The van der Waals surface area contributed by atoms with Gasteiger partial charge in [-0.15, -0.1) is 11.3 Å². The Hall–Kier alpha value is -1.75. The summed E-state index contributed by atoms with van der Waals surface area (Å²) in [4.78, 5) is 11.9. The number of carbonyl (C=O) groups is 1. The van der Waals surface area contributed by atoms with Crippen LogP contribution < -0.4 is 0 Å². The van der Waals surface area contributed by atoms with Crippen molar-refractivity contribution in [1.29, 1.82) is 0 Å². The van der Waals surface area contributed by atoms with Crippen LogP contribution in [0.1, 0.15) is 22.5 Å². The third-order valence-electron chi connectivity index (χ3n) is 4.42. The van der Waals surface area contributed by atoms with Crippen LogP contribution in [0, 0.1) is 0 Å². The van der Waals surface area contributed by atoms with Crippen molar-refractivity contribution in [2.45, 2.75) is 28.7 Å². The summed E-state index contributed by atoms with van der Waals surface area (Å²) in [7, 11) is -6.45. The average Bonchev–Trinajstić information content (AvgIpc) is 3.31. The van der Waals surface area contributed by atoms with E-state index in [1.807, 2.05) is 0 Å². The van der Waals surface area contributed by atoms with Crippen molar-refractivity contribution in [3.63, 3.8) is 0 Å². The molecule has 0 radical (unpaired) electrons. The summed E-state index contributed by atoms with van der Waals surface area (Å²) >= 11 is 0.981. The minimum Gasteiger partial charge on any atom is -0.465 e. The van der Waals surface area contributed by atoms with Crippen LogP contribution in [-0.2, 0) is 24.6 Å². The van der Waals surface area contributed by atoms with E-state index in [2.05, 4.69) is 4.74 Å². The number of hydrogen-bond acceptors (Lipinski definition) is 7. The molecule has 0 bridgehead atoms. The van der Waals surface area contributed by atoms with Gasteiger partial charge in [0, 0.05) is 12.6 Å². The van der Waals surface area contributed by atoms with E-state index in [1.165, 1.54) is 35.0 Å². The van der Waals surface area contributed by atoms with Crippen LogP contribution in [0.4, 0.5) is 0 Å². The molecule has 146 valence electrons. The summed E-state index contributed by atoms with van der Waals surface area (Å²) in [5.41, 5.74) is 0. The number of hydrogen-bond donors (Lipinski definition) is 0. The minimum atomic E-state index is -4.01. The van der Waals surface area contributed by atoms with Gasteiger partial charge in [0.2, 0.25) is 10.0 Å². The Labute approximate surface area is 162 Å². The number of esters is 1. The first-order chi connectivity index (χ1) is 12.8. The highest BCUT2D eigenvalue weighted by Gasteiger charge is 2.40. The fourth-order valence-electron chi connectivity index (χ4n) is 3.14. The zero-order valence-electron chi connectivity index (χ0n) is 14.6. The first-order valence-corrected chi connectivity index (χ1v) is 12.2. The van der Waals surface area contributed by atoms with Gasteiger partial charge in [0.25, 0.3) is 0 Å². The molecule has 1 aromatic heterocycles. The molecular formula is C17H19NO6S3. The number of ether oxygens (including phenoxy) is 1. The monoisotopic (exact) mass is 429 g/mol. The molecular weight excluding hydrogens is 410 g/mol. The maximum atomic E-state index is 13.1. The van der Waals surface area contributed by atoms with Gasteiger partial charge < -0.3 is 4.74 Å². The second kappa shape index (κ2) is 7.70. The van der Waals surface area contributed by atoms with Gasteiger partial charge in [-0.2, -0.15) is 4.31 Å². The molecule has 1 atom stereocenters. The standard InChI is InChI=1S/C17H19NO6S3/c1-24-17(19)16-15(9-11-25-16)27(22,23)18-10-5-6-13(18)12-26(20,21)14-7-3-2-4-8-14/h2-4,7-9,11,13H,5-6,10,12H2,1H3/t13-/m1/s1. The highest BCUT2D eigenvalue weighted by molar-refractivity contribution is 7.91. The molecule has 1 aliphatic rings. The summed E-state index contributed by atoms with van der Waals surface area (Å²) < 4.78 is 57.4. The van der Waals surface area contributed by atoms with Crippen molar-refractivity contribution < 1.29 is 26.4 Å². The Kier molecular flexibility index (Phi) is 5.71. The number of carbonyl (C=O) groups excluding carboxylic acids is 1. The van der Waals surface area contributed by atoms with Crippen molar-refractivity contribution in [1.82, 2.24) is 4.31 Å². The second-order valence-corrected chi connectivity index (χ2v) is 10.9. The molecule has 0 aliphatic carbocycles. The summed E-state index contributed by atoms with van der Waals surface area (Å²) in [5.74, 6) is -1.02. The molecule has 1 fully saturated rings. The van der Waals surface area contributed by atoms with E-state index < -0.39 is 31.9 Å². The Bertz CT molecular complexity index is 1030. The van der Waals surface area contributed by atoms with Crippen LogP contribution in [0.3, 0.4) is 0 Å². The van der Waals surface area contributed by atoms with Crippen LogP contribution in [0.2, 0.25) is 0 Å². The Morgan fingerprint density at radius 2 is 1.89 bits per heavy atom. The van der Waals surface area contributed by atoms with Crippen molar-refractivity contribution >= 4 is 37.2 Å². The number of nitrogens with zero attached hydrogens (tertiary/aromatic N) is 1. The Balaban J connectivity index is 1.90. The van der Waals surface area contributed by atoms with E-state index >= 15 is 0 Å². The van der Waals surface area contributed by atoms with Gasteiger partial charge in [0.05, 0.1) is 17.8 Å². The van der Waals surface area contributed by atoms with Crippen LogP contribution >= 0.6 is 11.3 Å². The van der Waals surface area contributed by atoms with Gasteiger partial charge in [-0.05, 0) is 36.4 Å². The number of sulfonamides is 1. The van der Waals surface area contributed by atoms with Gasteiger partial charge in [-0.3, -0.25) is 0 Å². The van der Waals surface area contributed by atoms with Crippen molar-refractivity contribution in [3.8, 4) is 0 Å². The SMILES string of the molecule is COC(=O)c1sccc1S(=O)(=O)N1CCC[C@@H]1CS(=O)(=O)c1ccccc1. The zero-order valence-corrected chi connectivity index (χ0v) is 17.0. The molecule has 1 aliphatic heterocycles. The maximum absolute atomic E-state index is 13.1. The van der Waals surface area contributed by atoms with Gasteiger partial charge in [0.1, 0.15) is 9.77 Å². The minimum absolute atomic E-state index is 0.00549. The molecule has 27 heavy (non-hydrogen) atoms. The molecule has 3 rings (SSSR count). The van der Waals surface area contributed by atoms with Gasteiger partial charge >= 0.3 is 5.97 Å². The van der Waals surface area contributed by atoms with E-state index in [0.717, 1.165) is 11.3 Å². The van der Waals surface area contributed by atoms with E-state index in [1.54, 1.807) is 18.2 Å². The highest BCUT2D eigenvalue weighted by atomic mass is 32.2. The topological polar surface area (TPSA) is 97.8 Å². The van der Waals surface area contributed by atoms with Crippen LogP contribution in [0.15, 0.2) is 51.6 Å². The van der Waals surface area contributed by atoms with E-state index in [9.17, 15) is 21.6 Å². The number of rotatable bonds is 6. The Morgan fingerprint density at radius 1 is 1.19 bits per heavy atom. The van der Waals surface area contributed by atoms with Crippen LogP contribution in [0.5, 0.6) is 0 Å². The molecule has 0 saturated carbocycles. The average molecular weight is 430 g/mol. The van der Waals surface area contributed by atoms with Gasteiger partial charge in [0.15, 0.2) is 9.84 Å². The molecule has 0 N–H and O–H groups in total. The van der Waals surface area contributed by atoms with Crippen LogP contribution in [0.25, 0.3) is 0 Å². The summed E-state index contributed by atoms with van der Waals surface area (Å²) in [5, 5.41) is 1.50. The largest absolute Gasteiger partial charge is 0.465 e. The lowest BCUT2D eigenvalue weighted by molar-refractivity contribution is 0.0602. The Morgan fingerprint density at radius 3 is 2.56 bits per heavy atom. The van der Waals surface area contributed by atoms with E-state index in [-0.39, 0.29) is 27.0 Å². The fourth-order valence-corrected chi connectivity index (χ4v) is 7.85. The van der Waals surface area contributed by atoms with Crippen molar-refractivity contribution in [2.75, 3.05) is 19.4 Å². The lowest BCUT2D eigenvalue weighted by Crippen LogP contribution is -2.40. The highest BCUT2D eigenvalue weighted by Crippen LogP contribution is 2.32. The molecule has 7 nitrogen and oxygen atoms in total. The molecule has 0 amide bonds. The van der Waals surface area contributed by atoms with E-state index in [0.29, 0.717) is 12.8 Å². The zero-order chi connectivity index (χ0) is 19.7. The summed E-state index contributed by atoms with van der Waals surface area (Å²) in [6.07, 6.45) is 1.01. The molecule has 1 saturated heterocycles. The maximum Gasteiger partial charge on any atom is 0.349 e. The third-order valence-corrected chi connectivity index (χ3v) is 9.26. The number of methoxy groups -OCH3 is 1. The van der Waals surface area contributed by atoms with Crippen molar-refractivity contribution in [2.24, 2.45) is 0 Å². The van der Waals surface area contributed by atoms with Gasteiger partial charge in [-0.1, -0.05) is 18.2 Å². The smallest absolute Gasteiger partial charge is 0.349 e. The predicted molar refractivity (Wildman–Crippen MR) is 101 cm³/mol. The first kappa shape index (κ1) is 20.0. The quantitative estimate of drug-likeness (QED) is 0.653. The number of thiophene rings is 1. The predicted octanol–water partition coefficient (Wildman–Crippen LogP) is 2.16. The molecule has 1 aromatic carbocycles. The second-order valence-electron chi connectivity index (χ2n) is 6.11. The number of benzene rings is 1. The number of sulfone groups is 1. The van der Waals surface area contributed by atoms with Gasteiger partial charge in [-0.25, -0.2) is 21.6 Å². The lowest BCUT2D eigenvalue weighted by atomic mass is 10.3. The molecule has 0 spiro atoms. The molecule has 10 heteroatoms. The van der Waals surface area contributed by atoms with Crippen LogP contribution in [-0.4, -0.2) is 52.6 Å². The molecule has 2 aromatic rings. The lowest BCUT2D eigenvalue weighted by Gasteiger charge is -2.24.